The van der Waals surface area contributed by atoms with Gasteiger partial charge in [-0.2, -0.15) is 31.0 Å². The zero-order valence-corrected chi connectivity index (χ0v) is 23.5. The van der Waals surface area contributed by atoms with E-state index >= 15 is 0 Å². The minimum atomic E-state index is -4.71. The van der Waals surface area contributed by atoms with E-state index in [2.05, 4.69) is 10.6 Å². The molecule has 3 saturated heterocycles. The predicted molar refractivity (Wildman–Crippen MR) is 134 cm³/mol. The molecule has 0 aromatic heterocycles. The highest BCUT2D eigenvalue weighted by Crippen LogP contribution is 2.55. The molecular weight excluding hydrogens is 531 g/mol. The molecule has 0 radical (unpaired) electrons. The van der Waals surface area contributed by atoms with E-state index in [4.69, 9.17) is 14.0 Å². The van der Waals surface area contributed by atoms with Gasteiger partial charge in [0.15, 0.2) is 0 Å². The van der Waals surface area contributed by atoms with Gasteiger partial charge in [0.1, 0.15) is 41.2 Å². The van der Waals surface area contributed by atoms with Gasteiger partial charge in [0.25, 0.3) is 0 Å². The monoisotopic (exact) mass is 571 g/mol. The number of hydrogen-bond acceptors (Lipinski definition) is 12. The maximum atomic E-state index is 12.5. The van der Waals surface area contributed by atoms with Gasteiger partial charge < -0.3 is 35.4 Å². The van der Waals surface area contributed by atoms with Gasteiger partial charge in [-0.15, -0.1) is 0 Å². The van der Waals surface area contributed by atoms with E-state index in [0.717, 1.165) is 18.6 Å². The SMILES string of the molecule is CC1(CO[P+](O)(O)O)O[C@](C)(COC(=O)CCCCC2SC[C@@H]3NC(=O)N[C@H]23)C(C)(O)C(C)(O)C1(C)O. The quantitative estimate of drug-likeness (QED) is 0.0738. The smallest absolute Gasteiger partial charge is 0.462 e. The van der Waals surface area contributed by atoms with Crippen molar-refractivity contribution < 1.29 is 53.6 Å². The summed E-state index contributed by atoms with van der Waals surface area (Å²) in [4.78, 5) is 51.8. The molecule has 0 aliphatic carbocycles. The number of esters is 1. The number of carbonyl (C=O) groups is 2. The summed E-state index contributed by atoms with van der Waals surface area (Å²) >= 11 is 1.79. The maximum absolute atomic E-state index is 12.5. The number of hydrogen-bond donors (Lipinski definition) is 8. The van der Waals surface area contributed by atoms with Crippen LogP contribution in [-0.2, 0) is 18.8 Å². The number of aliphatic hydroxyl groups is 3. The van der Waals surface area contributed by atoms with Crippen LogP contribution >= 0.6 is 19.9 Å². The van der Waals surface area contributed by atoms with Crippen LogP contribution < -0.4 is 10.6 Å². The van der Waals surface area contributed by atoms with Crippen molar-refractivity contribution in [2.45, 2.75) is 106 Å². The third-order valence-electron chi connectivity index (χ3n) is 8.49. The summed E-state index contributed by atoms with van der Waals surface area (Å²) in [5.41, 5.74) is -10.3. The lowest BCUT2D eigenvalue weighted by Gasteiger charge is -2.65. The molecule has 8 atom stereocenters. The normalized spacial score (nSPS) is 43.8. The number of urea groups is 1. The number of ether oxygens (including phenoxy) is 2. The number of thioether (sulfide) groups is 1. The van der Waals surface area contributed by atoms with Gasteiger partial charge in [0.05, 0.1) is 12.1 Å². The number of amides is 2. The van der Waals surface area contributed by atoms with E-state index in [9.17, 15) is 39.6 Å². The lowest BCUT2D eigenvalue weighted by molar-refractivity contribution is -0.405. The van der Waals surface area contributed by atoms with E-state index in [1.807, 2.05) is 0 Å². The minimum Gasteiger partial charge on any atom is -0.462 e. The van der Waals surface area contributed by atoms with E-state index < -0.39 is 55.4 Å². The number of rotatable bonds is 10. The fourth-order valence-corrected chi connectivity index (χ4v) is 7.26. The van der Waals surface area contributed by atoms with Gasteiger partial charge in [0, 0.05) is 17.4 Å². The first kappa shape index (κ1) is 30.7. The molecule has 2 amide bonds. The second-order valence-corrected chi connectivity index (χ2v) is 13.7. The number of unbranched alkanes of at least 4 members (excludes halogenated alkanes) is 1. The minimum absolute atomic E-state index is 0.0909. The van der Waals surface area contributed by atoms with Crippen LogP contribution in [0.5, 0.6) is 0 Å². The van der Waals surface area contributed by atoms with Crippen molar-refractivity contribution in [3.63, 3.8) is 0 Å². The summed E-state index contributed by atoms with van der Waals surface area (Å²) in [5.74, 6) is 0.307. The molecule has 0 saturated carbocycles. The number of fused-ring (bicyclic) bond motifs is 1. The first-order valence-electron chi connectivity index (χ1n) is 12.2. The standard InChI is InChI=1S/C22H39N2O11PS/c1-18(11-33-15(25)9-7-6-8-14-16-13(10-37-14)23-17(26)24-16)20(3,27)22(5,29)21(4,28)19(2,35-18)12-34-36(30,31)32/h13-14,16,27-32H,6-12H2,1-5H3,(H-,23,24,26)/p+1/t13-,14?,16-,18+,19?,20?,21?,22?/m0/s1. The molecule has 0 aromatic rings. The fraction of sp³-hybridized carbons (Fsp3) is 0.909. The molecule has 5 unspecified atom stereocenters. The lowest BCUT2D eigenvalue weighted by Crippen LogP contribution is -2.85. The van der Waals surface area contributed by atoms with Crippen LogP contribution in [0.15, 0.2) is 0 Å². The van der Waals surface area contributed by atoms with Gasteiger partial charge in [-0.25, -0.2) is 4.79 Å². The molecule has 0 aromatic carbocycles. The summed E-state index contributed by atoms with van der Waals surface area (Å²) in [6, 6.07) is 0.0792. The molecule has 3 aliphatic heterocycles. The average molecular weight is 572 g/mol. The second kappa shape index (κ2) is 10.3. The first-order chi connectivity index (χ1) is 16.8. The van der Waals surface area contributed by atoms with Crippen molar-refractivity contribution in [1.29, 1.82) is 0 Å². The first-order valence-corrected chi connectivity index (χ1v) is 14.8. The summed E-state index contributed by atoms with van der Waals surface area (Å²) in [6.07, 6.45) is 2.24. The Morgan fingerprint density at radius 2 is 1.59 bits per heavy atom. The molecule has 8 N–H and O–H groups in total. The third-order valence-corrected chi connectivity index (χ3v) is 10.5. The second-order valence-electron chi connectivity index (χ2n) is 11.1. The highest BCUT2D eigenvalue weighted by Gasteiger charge is 2.74. The Morgan fingerprint density at radius 1 is 1.00 bits per heavy atom. The molecular formula is C22H40N2O11PS+. The van der Waals surface area contributed by atoms with Crippen LogP contribution in [0.1, 0.15) is 60.3 Å². The van der Waals surface area contributed by atoms with Crippen LogP contribution in [0.4, 0.5) is 4.79 Å². The molecule has 3 rings (SSSR count). The topological polar surface area (TPSA) is 207 Å². The van der Waals surface area contributed by atoms with E-state index in [1.165, 1.54) is 34.6 Å². The molecule has 13 nitrogen and oxygen atoms in total. The maximum Gasteiger partial charge on any atom is 0.567 e. The van der Waals surface area contributed by atoms with Crippen molar-refractivity contribution in [3.05, 3.63) is 0 Å². The Morgan fingerprint density at radius 3 is 2.19 bits per heavy atom. The lowest BCUT2D eigenvalue weighted by atomic mass is 9.58. The third kappa shape index (κ3) is 5.74. The van der Waals surface area contributed by atoms with E-state index in [0.29, 0.717) is 6.42 Å². The largest absolute Gasteiger partial charge is 0.567 e. The molecule has 0 bridgehead atoms. The Kier molecular flexibility index (Phi) is 8.56. The summed E-state index contributed by atoms with van der Waals surface area (Å²) in [5, 5.41) is 39.9. The highest BCUT2D eigenvalue weighted by atomic mass is 32.2. The van der Waals surface area contributed by atoms with Crippen LogP contribution in [0.25, 0.3) is 0 Å². The van der Waals surface area contributed by atoms with E-state index in [-0.39, 0.29) is 29.8 Å². The summed E-state index contributed by atoms with van der Waals surface area (Å²) in [7, 11) is -4.71. The predicted octanol–water partition coefficient (Wildman–Crippen LogP) is -0.273. The van der Waals surface area contributed by atoms with Crippen LogP contribution in [0.3, 0.4) is 0 Å². The molecule has 3 fully saturated rings. The van der Waals surface area contributed by atoms with Gasteiger partial charge in [-0.05, 0) is 47.5 Å². The number of nitrogens with one attached hydrogen (secondary N) is 2. The van der Waals surface area contributed by atoms with Gasteiger partial charge in [-0.3, -0.25) is 4.79 Å². The molecule has 15 heteroatoms. The average Bonchev–Trinajstić information content (AvgIpc) is 3.31. The molecule has 0 spiro atoms. The van der Waals surface area contributed by atoms with Gasteiger partial charge in [0.2, 0.25) is 0 Å². The van der Waals surface area contributed by atoms with Gasteiger partial charge >= 0.3 is 20.2 Å². The molecule has 214 valence electrons. The summed E-state index contributed by atoms with van der Waals surface area (Å²) < 4.78 is 16.1. The zero-order chi connectivity index (χ0) is 28.1. The highest BCUT2D eigenvalue weighted by molar-refractivity contribution is 8.00. The van der Waals surface area contributed by atoms with Crippen LogP contribution in [0, 0.1) is 0 Å². The molecule has 3 heterocycles. The number of carbonyl (C=O) groups excluding carboxylic acids is 2. The Labute approximate surface area is 220 Å². The Balaban J connectivity index is 1.58. The van der Waals surface area contributed by atoms with Crippen molar-refractivity contribution in [2.24, 2.45) is 0 Å². The van der Waals surface area contributed by atoms with Crippen molar-refractivity contribution >= 4 is 31.9 Å². The molecule has 37 heavy (non-hydrogen) atoms. The van der Waals surface area contributed by atoms with Crippen LogP contribution in [0.2, 0.25) is 0 Å². The Bertz CT molecular complexity index is 883. The van der Waals surface area contributed by atoms with Crippen molar-refractivity contribution in [3.8, 4) is 0 Å². The molecule has 3 aliphatic rings. The van der Waals surface area contributed by atoms with Crippen molar-refractivity contribution in [2.75, 3.05) is 19.0 Å². The zero-order valence-electron chi connectivity index (χ0n) is 21.8. The Hall–Kier alpha value is -0.800. The summed E-state index contributed by atoms with van der Waals surface area (Å²) in [6.45, 7) is 5.05. The fourth-order valence-electron chi connectivity index (χ4n) is 5.30. The van der Waals surface area contributed by atoms with E-state index in [1.54, 1.807) is 11.8 Å². The van der Waals surface area contributed by atoms with Crippen molar-refractivity contribution in [1.82, 2.24) is 10.6 Å². The van der Waals surface area contributed by atoms with Gasteiger partial charge in [-0.1, -0.05) is 6.42 Å². The van der Waals surface area contributed by atoms with Crippen LogP contribution in [-0.4, -0.2) is 106 Å².